The van der Waals surface area contributed by atoms with E-state index in [0.29, 0.717) is 34.1 Å². The third kappa shape index (κ3) is 4.89. The molecule has 0 unspecified atom stereocenters. The Hall–Kier alpha value is -4.25. The van der Waals surface area contributed by atoms with Crippen LogP contribution in [0, 0.1) is 11.3 Å². The highest BCUT2D eigenvalue weighted by molar-refractivity contribution is 6.03. The van der Waals surface area contributed by atoms with Crippen molar-refractivity contribution in [1.29, 1.82) is 5.26 Å². The molecule has 3 N–H and O–H groups in total. The minimum absolute atomic E-state index is 0.161. The van der Waals surface area contributed by atoms with E-state index in [-0.39, 0.29) is 11.8 Å². The van der Waals surface area contributed by atoms with Crippen molar-refractivity contribution in [3.05, 3.63) is 72.1 Å². The van der Waals surface area contributed by atoms with Crippen molar-refractivity contribution in [3.63, 3.8) is 0 Å². The lowest BCUT2D eigenvalue weighted by molar-refractivity contribution is -0.114. The Labute approximate surface area is 161 Å². The summed E-state index contributed by atoms with van der Waals surface area (Å²) in [6, 6.07) is 15.7. The highest BCUT2D eigenvalue weighted by Gasteiger charge is 2.08. The van der Waals surface area contributed by atoms with Crippen molar-refractivity contribution in [2.75, 3.05) is 16.0 Å². The van der Waals surface area contributed by atoms with E-state index in [0.717, 1.165) is 0 Å². The van der Waals surface area contributed by atoms with Crippen molar-refractivity contribution >= 4 is 34.8 Å². The van der Waals surface area contributed by atoms with Gasteiger partial charge in [0.1, 0.15) is 0 Å². The zero-order chi connectivity index (χ0) is 19.9. The molecule has 28 heavy (non-hydrogen) atoms. The number of hydrogen-bond donors (Lipinski definition) is 3. The van der Waals surface area contributed by atoms with Crippen LogP contribution < -0.4 is 16.0 Å². The molecule has 0 saturated carbocycles. The first-order valence-corrected chi connectivity index (χ1v) is 8.32. The van der Waals surface area contributed by atoms with Crippen LogP contribution in [-0.4, -0.2) is 21.8 Å². The fourth-order valence-electron chi connectivity index (χ4n) is 2.35. The number of amides is 2. The quantitative estimate of drug-likeness (QED) is 0.632. The van der Waals surface area contributed by atoms with Crippen molar-refractivity contribution < 1.29 is 9.59 Å². The Morgan fingerprint density at radius 2 is 1.61 bits per heavy atom. The molecule has 8 nitrogen and oxygen atoms in total. The van der Waals surface area contributed by atoms with Gasteiger partial charge < -0.3 is 16.0 Å². The van der Waals surface area contributed by atoms with E-state index in [4.69, 9.17) is 5.26 Å². The second kappa shape index (κ2) is 8.42. The minimum atomic E-state index is -0.357. The van der Waals surface area contributed by atoms with Gasteiger partial charge in [-0.3, -0.25) is 9.59 Å². The molecule has 0 radical (unpaired) electrons. The van der Waals surface area contributed by atoms with Gasteiger partial charge in [-0.05, 0) is 42.5 Å². The minimum Gasteiger partial charge on any atom is -0.326 e. The number of hydrogen-bond acceptors (Lipinski definition) is 6. The van der Waals surface area contributed by atoms with Crippen molar-refractivity contribution in [2.24, 2.45) is 0 Å². The van der Waals surface area contributed by atoms with Gasteiger partial charge in [0.25, 0.3) is 5.91 Å². The molecule has 138 valence electrons. The van der Waals surface area contributed by atoms with Gasteiger partial charge in [-0.15, -0.1) is 0 Å². The van der Waals surface area contributed by atoms with Gasteiger partial charge in [0.2, 0.25) is 11.9 Å². The summed E-state index contributed by atoms with van der Waals surface area (Å²) in [6.45, 7) is 1.44. The number of carbonyl (C=O) groups is 2. The zero-order valence-corrected chi connectivity index (χ0v) is 14.9. The van der Waals surface area contributed by atoms with Crippen LogP contribution in [0.1, 0.15) is 22.8 Å². The van der Waals surface area contributed by atoms with Crippen LogP contribution in [0.3, 0.4) is 0 Å². The SMILES string of the molecule is CC(=O)Nc1cccc(Nc2ncc(C(=O)Nc3ccc(C#N)cc3)cn2)c1. The number of rotatable bonds is 5. The summed E-state index contributed by atoms with van der Waals surface area (Å²) in [6.07, 6.45) is 2.82. The fraction of sp³-hybridized carbons (Fsp3) is 0.0500. The highest BCUT2D eigenvalue weighted by Crippen LogP contribution is 2.18. The molecular formula is C20H16N6O2. The Morgan fingerprint density at radius 3 is 2.25 bits per heavy atom. The van der Waals surface area contributed by atoms with E-state index >= 15 is 0 Å². The number of aromatic nitrogens is 2. The summed E-state index contributed by atoms with van der Waals surface area (Å²) < 4.78 is 0. The molecule has 0 fully saturated rings. The number of benzene rings is 2. The van der Waals surface area contributed by atoms with Gasteiger partial charge in [-0.25, -0.2) is 9.97 Å². The molecule has 3 rings (SSSR count). The van der Waals surface area contributed by atoms with Gasteiger partial charge in [-0.1, -0.05) is 6.07 Å². The predicted octanol–water partition coefficient (Wildman–Crippen LogP) is 3.30. The number of nitrogens with one attached hydrogen (secondary N) is 3. The predicted molar refractivity (Wildman–Crippen MR) is 105 cm³/mol. The summed E-state index contributed by atoms with van der Waals surface area (Å²) in [5.41, 5.74) is 2.72. The van der Waals surface area contributed by atoms with Crippen LogP contribution in [0.2, 0.25) is 0 Å². The van der Waals surface area contributed by atoms with Crippen LogP contribution in [0.25, 0.3) is 0 Å². The average Bonchev–Trinajstić information content (AvgIpc) is 2.69. The molecular weight excluding hydrogens is 356 g/mol. The molecule has 0 aliphatic carbocycles. The van der Waals surface area contributed by atoms with Crippen LogP contribution in [-0.2, 0) is 4.79 Å². The Morgan fingerprint density at radius 1 is 0.929 bits per heavy atom. The standard InChI is InChI=1S/C20H16N6O2/c1-13(27)24-17-3-2-4-18(9-17)26-20-22-11-15(12-23-20)19(28)25-16-7-5-14(10-21)6-8-16/h2-9,11-12H,1H3,(H,24,27)(H,25,28)(H,22,23,26). The third-order valence-electron chi connectivity index (χ3n) is 3.62. The molecule has 3 aromatic rings. The smallest absolute Gasteiger partial charge is 0.258 e. The molecule has 1 heterocycles. The largest absolute Gasteiger partial charge is 0.326 e. The maximum atomic E-state index is 12.3. The molecule has 2 amide bonds. The van der Waals surface area contributed by atoms with Crippen LogP contribution in [0.4, 0.5) is 23.0 Å². The van der Waals surface area contributed by atoms with Gasteiger partial charge in [0, 0.05) is 36.4 Å². The van der Waals surface area contributed by atoms with Gasteiger partial charge >= 0.3 is 0 Å². The molecule has 0 atom stereocenters. The van der Waals surface area contributed by atoms with Crippen LogP contribution >= 0.6 is 0 Å². The maximum Gasteiger partial charge on any atom is 0.258 e. The Bertz CT molecular complexity index is 1040. The summed E-state index contributed by atoms with van der Waals surface area (Å²) in [5.74, 6) is -0.204. The first-order chi connectivity index (χ1) is 13.5. The zero-order valence-electron chi connectivity index (χ0n) is 14.9. The van der Waals surface area contributed by atoms with Crippen molar-refractivity contribution in [1.82, 2.24) is 9.97 Å². The van der Waals surface area contributed by atoms with Crippen LogP contribution in [0.5, 0.6) is 0 Å². The first kappa shape index (κ1) is 18.5. The molecule has 2 aromatic carbocycles. The normalized spacial score (nSPS) is 9.86. The summed E-state index contributed by atoms with van der Waals surface area (Å²) in [4.78, 5) is 31.7. The van der Waals surface area contributed by atoms with E-state index in [9.17, 15) is 9.59 Å². The van der Waals surface area contributed by atoms with Gasteiger partial charge in [0.05, 0.1) is 17.2 Å². The van der Waals surface area contributed by atoms with E-state index in [1.807, 2.05) is 6.07 Å². The monoisotopic (exact) mass is 372 g/mol. The first-order valence-electron chi connectivity index (χ1n) is 8.32. The number of nitrogens with zero attached hydrogens (tertiary/aromatic N) is 3. The van der Waals surface area contributed by atoms with E-state index in [1.165, 1.54) is 19.3 Å². The molecule has 0 bridgehead atoms. The number of carbonyl (C=O) groups excluding carboxylic acids is 2. The lowest BCUT2D eigenvalue weighted by atomic mass is 10.2. The second-order valence-electron chi connectivity index (χ2n) is 5.83. The third-order valence-corrected chi connectivity index (χ3v) is 3.62. The van der Waals surface area contributed by atoms with Crippen molar-refractivity contribution in [3.8, 4) is 6.07 Å². The van der Waals surface area contributed by atoms with Crippen molar-refractivity contribution in [2.45, 2.75) is 6.92 Å². The Balaban J connectivity index is 1.65. The number of nitriles is 1. The molecule has 8 heteroatoms. The average molecular weight is 372 g/mol. The van der Waals surface area contributed by atoms with E-state index in [2.05, 4.69) is 25.9 Å². The fourth-order valence-corrected chi connectivity index (χ4v) is 2.35. The topological polar surface area (TPSA) is 120 Å². The Kier molecular flexibility index (Phi) is 5.58. The molecule has 1 aromatic heterocycles. The van der Waals surface area contributed by atoms with E-state index < -0.39 is 0 Å². The van der Waals surface area contributed by atoms with Crippen LogP contribution in [0.15, 0.2) is 60.9 Å². The van der Waals surface area contributed by atoms with Gasteiger partial charge in [-0.2, -0.15) is 5.26 Å². The number of anilines is 4. The highest BCUT2D eigenvalue weighted by atomic mass is 16.2. The lowest BCUT2D eigenvalue weighted by Gasteiger charge is -2.08. The summed E-state index contributed by atoms with van der Waals surface area (Å²) in [5, 5.41) is 17.2. The van der Waals surface area contributed by atoms with Gasteiger partial charge in [0.15, 0.2) is 0 Å². The molecule has 0 spiro atoms. The second-order valence-corrected chi connectivity index (χ2v) is 5.83. The van der Waals surface area contributed by atoms with E-state index in [1.54, 1.807) is 48.5 Å². The maximum absolute atomic E-state index is 12.3. The lowest BCUT2D eigenvalue weighted by Crippen LogP contribution is -2.13. The summed E-state index contributed by atoms with van der Waals surface area (Å²) in [7, 11) is 0. The summed E-state index contributed by atoms with van der Waals surface area (Å²) >= 11 is 0. The molecule has 0 aliphatic rings. The molecule has 0 aliphatic heterocycles. The molecule has 0 saturated heterocycles.